The molecule has 10 heteroatoms. The van der Waals surface area contributed by atoms with Crippen LogP contribution in [0.3, 0.4) is 0 Å². The molecular formula is C25H20Cl5N3O2. The Morgan fingerprint density at radius 3 is 2.03 bits per heavy atom. The van der Waals surface area contributed by atoms with Crippen LogP contribution in [0.2, 0.25) is 15.1 Å². The number of hydrogen-bond acceptors (Lipinski definition) is 3. The van der Waals surface area contributed by atoms with Crippen molar-refractivity contribution in [1.82, 2.24) is 0 Å². The summed E-state index contributed by atoms with van der Waals surface area (Å²) in [5.41, 5.74) is 2.87. The topological polar surface area (TPSA) is 61.4 Å². The van der Waals surface area contributed by atoms with Gasteiger partial charge in [0.25, 0.3) is 5.91 Å². The molecule has 1 aliphatic carbocycles. The van der Waals surface area contributed by atoms with E-state index in [0.29, 0.717) is 27.0 Å². The minimum absolute atomic E-state index is 0.207. The molecule has 2 amide bonds. The Balaban J connectivity index is 1.48. The van der Waals surface area contributed by atoms with Crippen LogP contribution < -0.4 is 15.5 Å². The van der Waals surface area contributed by atoms with Gasteiger partial charge in [0, 0.05) is 47.1 Å². The predicted molar refractivity (Wildman–Crippen MR) is 146 cm³/mol. The molecule has 3 aromatic carbocycles. The van der Waals surface area contributed by atoms with E-state index < -0.39 is 28.0 Å². The van der Waals surface area contributed by atoms with Gasteiger partial charge in [0.1, 0.15) is 4.33 Å². The summed E-state index contributed by atoms with van der Waals surface area (Å²) < 4.78 is -1.32. The van der Waals surface area contributed by atoms with E-state index >= 15 is 0 Å². The van der Waals surface area contributed by atoms with Gasteiger partial charge in [-0.3, -0.25) is 9.59 Å². The molecule has 1 fully saturated rings. The van der Waals surface area contributed by atoms with Gasteiger partial charge >= 0.3 is 0 Å². The Labute approximate surface area is 228 Å². The zero-order valence-electron chi connectivity index (χ0n) is 18.6. The molecular weight excluding hydrogens is 552 g/mol. The molecule has 1 aliphatic rings. The van der Waals surface area contributed by atoms with Crippen molar-refractivity contribution in [2.24, 2.45) is 5.92 Å². The van der Waals surface area contributed by atoms with Crippen LogP contribution in [0, 0.1) is 5.92 Å². The largest absolute Gasteiger partial charge is 0.378 e. The minimum atomic E-state index is -1.32. The van der Waals surface area contributed by atoms with E-state index in [1.807, 2.05) is 31.1 Å². The Morgan fingerprint density at radius 1 is 0.829 bits per heavy atom. The summed E-state index contributed by atoms with van der Waals surface area (Å²) in [4.78, 5) is 27.8. The molecule has 35 heavy (non-hydrogen) atoms. The summed E-state index contributed by atoms with van der Waals surface area (Å²) in [6.45, 7) is 0. The summed E-state index contributed by atoms with van der Waals surface area (Å²) >= 11 is 31.3. The molecule has 182 valence electrons. The third-order valence-electron chi connectivity index (χ3n) is 5.70. The Morgan fingerprint density at radius 2 is 1.43 bits per heavy atom. The normalized spacial score (nSPS) is 18.0. The highest BCUT2D eigenvalue weighted by atomic mass is 35.5. The fourth-order valence-electron chi connectivity index (χ4n) is 3.86. The highest BCUT2D eigenvalue weighted by molar-refractivity contribution is 6.53. The van der Waals surface area contributed by atoms with E-state index in [4.69, 9.17) is 58.0 Å². The van der Waals surface area contributed by atoms with Crippen LogP contribution in [-0.2, 0) is 4.79 Å². The highest BCUT2D eigenvalue weighted by Gasteiger charge is 2.67. The Hall–Kier alpha value is -2.15. The maximum absolute atomic E-state index is 13.0. The van der Waals surface area contributed by atoms with Crippen molar-refractivity contribution < 1.29 is 9.59 Å². The van der Waals surface area contributed by atoms with Gasteiger partial charge < -0.3 is 15.5 Å². The second kappa shape index (κ2) is 10.1. The molecule has 0 radical (unpaired) electrons. The van der Waals surface area contributed by atoms with Crippen molar-refractivity contribution in [2.75, 3.05) is 29.6 Å². The number of hydrogen-bond donors (Lipinski definition) is 2. The van der Waals surface area contributed by atoms with Crippen LogP contribution in [0.4, 0.5) is 17.1 Å². The lowest BCUT2D eigenvalue weighted by atomic mass is 10.1. The van der Waals surface area contributed by atoms with Crippen molar-refractivity contribution in [3.05, 3.63) is 86.9 Å². The molecule has 1 saturated carbocycles. The Kier molecular flexibility index (Phi) is 7.46. The van der Waals surface area contributed by atoms with Gasteiger partial charge in [-0.2, -0.15) is 0 Å². The van der Waals surface area contributed by atoms with E-state index in [1.54, 1.807) is 36.4 Å². The first-order valence-electron chi connectivity index (χ1n) is 10.5. The number of anilines is 3. The summed E-state index contributed by atoms with van der Waals surface area (Å²) in [6, 6.07) is 17.0. The van der Waals surface area contributed by atoms with E-state index in [-0.39, 0.29) is 10.6 Å². The fourth-order valence-corrected chi connectivity index (χ4v) is 5.44. The average Bonchev–Trinajstić information content (AvgIpc) is 3.36. The summed E-state index contributed by atoms with van der Waals surface area (Å²) in [7, 11) is 3.86. The van der Waals surface area contributed by atoms with E-state index in [0.717, 1.165) is 5.69 Å². The average molecular weight is 572 g/mol. The van der Waals surface area contributed by atoms with E-state index in [1.165, 1.54) is 12.1 Å². The number of carbonyl (C=O) groups is 2. The second-order valence-corrected chi connectivity index (χ2v) is 11.1. The quantitative estimate of drug-likeness (QED) is 0.302. The smallest absolute Gasteiger partial charge is 0.257 e. The first-order chi connectivity index (χ1) is 16.5. The molecule has 0 saturated heterocycles. The van der Waals surface area contributed by atoms with Gasteiger partial charge in [-0.15, -0.1) is 23.2 Å². The molecule has 3 aromatic rings. The highest BCUT2D eigenvalue weighted by Crippen LogP contribution is 2.65. The predicted octanol–water partition coefficient (Wildman–Crippen LogP) is 7.49. The number of halogens is 5. The lowest BCUT2D eigenvalue weighted by Gasteiger charge is -2.13. The summed E-state index contributed by atoms with van der Waals surface area (Å²) in [5.74, 6) is -2.03. The molecule has 2 atom stereocenters. The van der Waals surface area contributed by atoms with Crippen molar-refractivity contribution in [2.45, 2.75) is 10.3 Å². The monoisotopic (exact) mass is 569 g/mol. The molecule has 2 N–H and O–H groups in total. The molecule has 0 heterocycles. The van der Waals surface area contributed by atoms with Crippen LogP contribution in [-0.4, -0.2) is 30.2 Å². The number of rotatable bonds is 6. The molecule has 0 aromatic heterocycles. The molecule has 0 bridgehead atoms. The van der Waals surface area contributed by atoms with Crippen molar-refractivity contribution in [3.63, 3.8) is 0 Å². The van der Waals surface area contributed by atoms with Gasteiger partial charge in [0.15, 0.2) is 0 Å². The van der Waals surface area contributed by atoms with Crippen LogP contribution in [0.25, 0.3) is 0 Å². The van der Waals surface area contributed by atoms with E-state index in [2.05, 4.69) is 10.6 Å². The maximum Gasteiger partial charge on any atom is 0.257 e. The van der Waals surface area contributed by atoms with Gasteiger partial charge in [-0.05, 0) is 66.2 Å². The van der Waals surface area contributed by atoms with Gasteiger partial charge in [-0.25, -0.2) is 0 Å². The fraction of sp³-hybridized carbons (Fsp3) is 0.200. The van der Waals surface area contributed by atoms with Crippen molar-refractivity contribution >= 4 is 86.9 Å². The van der Waals surface area contributed by atoms with Gasteiger partial charge in [-0.1, -0.05) is 34.8 Å². The summed E-state index contributed by atoms with van der Waals surface area (Å²) in [6.07, 6.45) is 0. The molecule has 0 spiro atoms. The number of nitrogens with one attached hydrogen (secondary N) is 2. The van der Waals surface area contributed by atoms with Crippen LogP contribution in [0.15, 0.2) is 60.7 Å². The second-order valence-electron chi connectivity index (χ2n) is 8.41. The maximum atomic E-state index is 13.0. The third kappa shape index (κ3) is 5.65. The summed E-state index contributed by atoms with van der Waals surface area (Å²) in [5, 5.41) is 6.68. The number of alkyl halides is 2. The first kappa shape index (κ1) is 25.9. The van der Waals surface area contributed by atoms with Crippen LogP contribution >= 0.6 is 58.0 Å². The molecule has 0 unspecified atom stereocenters. The molecule has 4 rings (SSSR count). The number of benzene rings is 3. The minimum Gasteiger partial charge on any atom is -0.378 e. The zero-order valence-corrected chi connectivity index (χ0v) is 22.4. The van der Waals surface area contributed by atoms with Crippen molar-refractivity contribution in [1.29, 1.82) is 0 Å². The number of nitrogens with zero attached hydrogens (tertiary/aromatic N) is 1. The standard InChI is InChI=1S/C25H20Cl5N3O2/c1-33(2)18-6-3-16(4-7-18)31-23(34)19-12-17(5-8-20(19)28)32-24(35)22-21(25(22,29)30)13-9-14(26)11-15(27)10-13/h3-12,21-22H,1-2H3,(H,31,34)(H,32,35)/t21-,22+/m0/s1. The van der Waals surface area contributed by atoms with E-state index in [9.17, 15) is 9.59 Å². The SMILES string of the molecule is CN(C)c1ccc(NC(=O)c2cc(NC(=O)[C@H]3[C@H](c4cc(Cl)cc(Cl)c4)C3(Cl)Cl)ccc2Cl)cc1. The Bertz CT molecular complexity index is 1270. The first-order valence-corrected chi connectivity index (χ1v) is 12.4. The van der Waals surface area contributed by atoms with Crippen LogP contribution in [0.5, 0.6) is 0 Å². The van der Waals surface area contributed by atoms with Gasteiger partial charge in [0.2, 0.25) is 5.91 Å². The van der Waals surface area contributed by atoms with Crippen LogP contribution in [0.1, 0.15) is 21.8 Å². The van der Waals surface area contributed by atoms with Gasteiger partial charge in [0.05, 0.1) is 16.5 Å². The molecule has 0 aliphatic heterocycles. The number of carbonyl (C=O) groups excluding carboxylic acids is 2. The third-order valence-corrected chi connectivity index (χ3v) is 7.41. The lowest BCUT2D eigenvalue weighted by Crippen LogP contribution is -2.18. The lowest BCUT2D eigenvalue weighted by molar-refractivity contribution is -0.117. The number of amides is 2. The zero-order chi connectivity index (χ0) is 25.5. The molecule has 5 nitrogen and oxygen atoms in total. The van der Waals surface area contributed by atoms with Crippen molar-refractivity contribution in [3.8, 4) is 0 Å².